The van der Waals surface area contributed by atoms with E-state index in [2.05, 4.69) is 5.32 Å². The van der Waals surface area contributed by atoms with Gasteiger partial charge in [0.25, 0.3) is 5.91 Å². The highest BCUT2D eigenvalue weighted by atomic mass is 32.2. The number of nitrogens with one attached hydrogen (secondary N) is 2. The van der Waals surface area contributed by atoms with Crippen LogP contribution in [-0.4, -0.2) is 33.7 Å². The fourth-order valence-corrected chi connectivity index (χ4v) is 3.05. The van der Waals surface area contributed by atoms with E-state index in [1.165, 1.54) is 16.9 Å². The number of benzene rings is 2. The number of alkyl halides is 3. The second kappa shape index (κ2) is 8.40. The lowest BCUT2D eigenvalue weighted by molar-refractivity contribution is -0.121. The average Bonchev–Trinajstić information content (AvgIpc) is 2.59. The summed E-state index contributed by atoms with van der Waals surface area (Å²) in [5.41, 5.74) is 1.15. The van der Waals surface area contributed by atoms with E-state index in [9.17, 15) is 26.4 Å². The predicted octanol–water partition coefficient (Wildman–Crippen LogP) is 2.85. The number of hydrogen-bond donors (Lipinski definition) is 2. The summed E-state index contributed by atoms with van der Waals surface area (Å²) in [7, 11) is -4.30. The molecule has 10 heteroatoms. The second-order valence-electron chi connectivity index (χ2n) is 5.57. The summed E-state index contributed by atoms with van der Waals surface area (Å²) in [6.45, 7) is -0.0820. The molecule has 0 radical (unpaired) electrons. The summed E-state index contributed by atoms with van der Waals surface area (Å²) < 4.78 is 66.8. The SMILES string of the molecule is Cc1ccccc1OCC(=O)Nc1ccc(S(=O)(=O)NCC(F)(F)F)cc1. The fraction of sp³-hybridized carbons (Fsp3) is 0.235. The number of carbonyl (C=O) groups excluding carboxylic acids is 1. The largest absolute Gasteiger partial charge is 0.483 e. The van der Waals surface area contributed by atoms with E-state index in [1.807, 2.05) is 19.1 Å². The Labute approximate surface area is 154 Å². The Hall–Kier alpha value is -2.59. The molecule has 0 saturated carbocycles. The van der Waals surface area contributed by atoms with Crippen molar-refractivity contribution >= 4 is 21.6 Å². The number of ether oxygens (including phenoxy) is 1. The summed E-state index contributed by atoms with van der Waals surface area (Å²) >= 11 is 0. The first kappa shape index (κ1) is 20.7. The van der Waals surface area contributed by atoms with Crippen molar-refractivity contribution < 1.29 is 31.1 Å². The van der Waals surface area contributed by atoms with Crippen LogP contribution in [0.1, 0.15) is 5.56 Å². The van der Waals surface area contributed by atoms with E-state index in [1.54, 1.807) is 12.1 Å². The van der Waals surface area contributed by atoms with Crippen molar-refractivity contribution in [3.8, 4) is 5.75 Å². The lowest BCUT2D eigenvalue weighted by Gasteiger charge is -2.11. The highest BCUT2D eigenvalue weighted by Gasteiger charge is 2.30. The van der Waals surface area contributed by atoms with E-state index >= 15 is 0 Å². The van der Waals surface area contributed by atoms with Crippen LogP contribution in [0.3, 0.4) is 0 Å². The Kier molecular flexibility index (Phi) is 6.45. The van der Waals surface area contributed by atoms with Gasteiger partial charge in [0.05, 0.1) is 4.90 Å². The van der Waals surface area contributed by atoms with Crippen molar-refractivity contribution in [1.29, 1.82) is 0 Å². The van der Waals surface area contributed by atoms with Gasteiger partial charge < -0.3 is 10.1 Å². The third kappa shape index (κ3) is 6.57. The summed E-state index contributed by atoms with van der Waals surface area (Å²) in [5, 5.41) is 2.51. The van der Waals surface area contributed by atoms with Crippen LogP contribution in [0.5, 0.6) is 5.75 Å². The van der Waals surface area contributed by atoms with Gasteiger partial charge >= 0.3 is 6.18 Å². The maximum Gasteiger partial charge on any atom is 0.402 e. The number of rotatable bonds is 7. The van der Waals surface area contributed by atoms with Crippen molar-refractivity contribution in [3.63, 3.8) is 0 Å². The van der Waals surface area contributed by atoms with Crippen molar-refractivity contribution in [2.75, 3.05) is 18.5 Å². The smallest absolute Gasteiger partial charge is 0.402 e. The summed E-state index contributed by atoms with van der Waals surface area (Å²) in [6.07, 6.45) is -4.65. The van der Waals surface area contributed by atoms with Gasteiger partial charge in [-0.3, -0.25) is 4.79 Å². The maximum absolute atomic E-state index is 12.1. The van der Waals surface area contributed by atoms with Gasteiger partial charge in [-0.25, -0.2) is 13.1 Å². The Balaban J connectivity index is 1.93. The Morgan fingerprint density at radius 1 is 1.07 bits per heavy atom. The highest BCUT2D eigenvalue weighted by Crippen LogP contribution is 2.18. The Morgan fingerprint density at radius 2 is 1.70 bits per heavy atom. The van der Waals surface area contributed by atoms with Gasteiger partial charge in [-0.15, -0.1) is 0 Å². The molecule has 146 valence electrons. The van der Waals surface area contributed by atoms with Crippen LogP contribution in [0.15, 0.2) is 53.4 Å². The van der Waals surface area contributed by atoms with Gasteiger partial charge in [-0.05, 0) is 42.8 Å². The first-order valence-electron chi connectivity index (χ1n) is 7.71. The molecule has 2 rings (SSSR count). The molecular formula is C17H17F3N2O4S. The number of para-hydroxylation sites is 1. The van der Waals surface area contributed by atoms with Crippen LogP contribution in [0.4, 0.5) is 18.9 Å². The van der Waals surface area contributed by atoms with Gasteiger partial charge in [0.1, 0.15) is 12.3 Å². The van der Waals surface area contributed by atoms with Crippen LogP contribution in [0.25, 0.3) is 0 Å². The first-order chi connectivity index (χ1) is 12.6. The van der Waals surface area contributed by atoms with Gasteiger partial charge in [0, 0.05) is 5.69 Å². The van der Waals surface area contributed by atoms with Gasteiger partial charge in [0.15, 0.2) is 6.61 Å². The molecule has 0 fully saturated rings. The predicted molar refractivity (Wildman–Crippen MR) is 93.0 cm³/mol. The molecule has 2 aromatic rings. The van der Waals surface area contributed by atoms with Gasteiger partial charge in [0.2, 0.25) is 10.0 Å². The first-order valence-corrected chi connectivity index (χ1v) is 9.20. The lowest BCUT2D eigenvalue weighted by Crippen LogP contribution is -2.33. The molecular weight excluding hydrogens is 385 g/mol. The molecule has 2 aromatic carbocycles. The number of amides is 1. The molecule has 0 aromatic heterocycles. The molecule has 0 spiro atoms. The molecule has 0 aliphatic heterocycles. The number of aryl methyl sites for hydroxylation is 1. The summed E-state index contributed by atoms with van der Waals surface area (Å²) in [4.78, 5) is 11.6. The molecule has 0 saturated heterocycles. The van der Waals surface area contributed by atoms with E-state index in [4.69, 9.17) is 4.74 Å². The Morgan fingerprint density at radius 3 is 2.30 bits per heavy atom. The number of anilines is 1. The van der Waals surface area contributed by atoms with E-state index in [-0.39, 0.29) is 17.2 Å². The molecule has 6 nitrogen and oxygen atoms in total. The van der Waals surface area contributed by atoms with Crippen LogP contribution in [0, 0.1) is 6.92 Å². The van der Waals surface area contributed by atoms with Crippen molar-refractivity contribution in [2.45, 2.75) is 18.0 Å². The van der Waals surface area contributed by atoms with E-state index < -0.39 is 28.7 Å². The number of halogens is 3. The molecule has 0 unspecified atom stereocenters. The molecule has 2 N–H and O–H groups in total. The molecule has 0 heterocycles. The minimum atomic E-state index is -4.65. The van der Waals surface area contributed by atoms with Crippen molar-refractivity contribution in [2.24, 2.45) is 0 Å². The average molecular weight is 402 g/mol. The van der Waals surface area contributed by atoms with Gasteiger partial charge in [-0.1, -0.05) is 18.2 Å². The summed E-state index contributed by atoms with van der Waals surface area (Å²) in [6, 6.07) is 11.9. The van der Waals surface area contributed by atoms with Crippen LogP contribution >= 0.6 is 0 Å². The van der Waals surface area contributed by atoms with Crippen molar-refractivity contribution in [3.05, 3.63) is 54.1 Å². The second-order valence-corrected chi connectivity index (χ2v) is 7.33. The molecule has 0 atom stereocenters. The molecule has 0 bridgehead atoms. The minimum absolute atomic E-state index is 0.252. The standard InChI is InChI=1S/C17H17F3N2O4S/c1-12-4-2-3-5-15(12)26-10-16(23)22-13-6-8-14(9-7-13)27(24,25)21-11-17(18,19)20/h2-9,21H,10-11H2,1H3,(H,22,23). The number of sulfonamides is 1. The monoisotopic (exact) mass is 402 g/mol. The zero-order valence-corrected chi connectivity index (χ0v) is 15.0. The molecule has 1 amide bonds. The zero-order chi connectivity index (χ0) is 20.1. The fourth-order valence-electron chi connectivity index (χ4n) is 2.04. The normalized spacial score (nSPS) is 11.9. The third-order valence-electron chi connectivity index (χ3n) is 3.36. The molecule has 27 heavy (non-hydrogen) atoms. The van der Waals surface area contributed by atoms with Crippen LogP contribution < -0.4 is 14.8 Å². The Bertz CT molecular complexity index is 897. The zero-order valence-electron chi connectivity index (χ0n) is 14.2. The quantitative estimate of drug-likeness (QED) is 0.746. The van der Waals surface area contributed by atoms with Crippen LogP contribution in [-0.2, 0) is 14.8 Å². The number of hydrogen-bond acceptors (Lipinski definition) is 4. The van der Waals surface area contributed by atoms with Crippen LogP contribution in [0.2, 0.25) is 0 Å². The third-order valence-corrected chi connectivity index (χ3v) is 4.78. The lowest BCUT2D eigenvalue weighted by atomic mass is 10.2. The minimum Gasteiger partial charge on any atom is -0.483 e. The molecule has 0 aliphatic carbocycles. The van der Waals surface area contributed by atoms with E-state index in [0.29, 0.717) is 5.75 Å². The van der Waals surface area contributed by atoms with Crippen molar-refractivity contribution in [1.82, 2.24) is 4.72 Å². The number of carbonyl (C=O) groups is 1. The molecule has 0 aliphatic rings. The topological polar surface area (TPSA) is 84.5 Å². The maximum atomic E-state index is 12.1. The van der Waals surface area contributed by atoms with Gasteiger partial charge in [-0.2, -0.15) is 13.2 Å². The van der Waals surface area contributed by atoms with E-state index in [0.717, 1.165) is 17.7 Å². The highest BCUT2D eigenvalue weighted by molar-refractivity contribution is 7.89. The summed E-state index contributed by atoms with van der Waals surface area (Å²) in [5.74, 6) is 0.0916.